The second kappa shape index (κ2) is 39.9. The summed E-state index contributed by atoms with van der Waals surface area (Å²) in [6, 6.07) is -1.00. The molecule has 0 saturated carbocycles. The second-order valence-corrected chi connectivity index (χ2v) is 16.5. The average Bonchev–Trinajstić information content (AvgIpc) is 3.15. The van der Waals surface area contributed by atoms with Crippen LogP contribution in [0.2, 0.25) is 0 Å². The zero-order valence-electron chi connectivity index (χ0n) is 34.8. The Balaban J connectivity index is 4.38. The molecule has 9 nitrogen and oxygen atoms in total. The van der Waals surface area contributed by atoms with Gasteiger partial charge >= 0.3 is 7.82 Å². The van der Waals surface area contributed by atoms with E-state index >= 15 is 0 Å². The van der Waals surface area contributed by atoms with E-state index in [1.807, 2.05) is 6.08 Å². The van der Waals surface area contributed by atoms with E-state index in [9.17, 15) is 24.5 Å². The van der Waals surface area contributed by atoms with Crippen LogP contribution in [0.4, 0.5) is 0 Å². The summed E-state index contributed by atoms with van der Waals surface area (Å²) < 4.78 is 22.1. The molecule has 0 heterocycles. The zero-order chi connectivity index (χ0) is 39.8. The summed E-state index contributed by atoms with van der Waals surface area (Å²) in [5, 5.41) is 24.0. The molecule has 0 aromatic rings. The predicted molar refractivity (Wildman–Crippen MR) is 227 cm³/mol. The first-order valence-corrected chi connectivity index (χ1v) is 23.7. The number of amides is 1. The van der Waals surface area contributed by atoms with Gasteiger partial charge in [-0.05, 0) is 57.8 Å². The van der Waals surface area contributed by atoms with Crippen LogP contribution < -0.4 is 11.1 Å². The molecule has 6 N–H and O–H groups in total. The van der Waals surface area contributed by atoms with Crippen molar-refractivity contribution in [3.8, 4) is 0 Å². The highest BCUT2D eigenvalue weighted by Gasteiger charge is 2.27. The highest BCUT2D eigenvalue weighted by molar-refractivity contribution is 7.47. The van der Waals surface area contributed by atoms with Gasteiger partial charge in [-0.3, -0.25) is 13.8 Å². The third-order valence-corrected chi connectivity index (χ3v) is 10.7. The number of phosphoric acid groups is 1. The molecule has 0 aromatic heterocycles. The third-order valence-electron chi connectivity index (χ3n) is 9.74. The molecule has 1 amide bonds. The number of allylic oxidation sites excluding steroid dienone is 5. The molecule has 0 bridgehead atoms. The fourth-order valence-corrected chi connectivity index (χ4v) is 7.12. The number of hydrogen-bond acceptors (Lipinski definition) is 7. The van der Waals surface area contributed by atoms with Crippen LogP contribution in [0.1, 0.15) is 200 Å². The van der Waals surface area contributed by atoms with Crippen molar-refractivity contribution >= 4 is 13.7 Å². The fraction of sp³-hybridized carbons (Fsp3) is 0.841. The van der Waals surface area contributed by atoms with Crippen molar-refractivity contribution in [2.45, 2.75) is 218 Å². The van der Waals surface area contributed by atoms with E-state index in [4.69, 9.17) is 14.8 Å². The lowest BCUT2D eigenvalue weighted by Crippen LogP contribution is -2.46. The molecular weight excluding hydrogens is 699 g/mol. The lowest BCUT2D eigenvalue weighted by atomic mass is 10.0. The second-order valence-electron chi connectivity index (χ2n) is 15.1. The Hall–Kier alpha value is -1.32. The third kappa shape index (κ3) is 37.6. The lowest BCUT2D eigenvalue weighted by molar-refractivity contribution is -0.124. The lowest BCUT2D eigenvalue weighted by Gasteiger charge is -2.24. The molecule has 54 heavy (non-hydrogen) atoms. The summed E-state index contributed by atoms with van der Waals surface area (Å²) in [6.07, 6.45) is 43.7. The van der Waals surface area contributed by atoms with E-state index < -0.39 is 38.6 Å². The fourth-order valence-electron chi connectivity index (χ4n) is 6.36. The van der Waals surface area contributed by atoms with Crippen molar-refractivity contribution in [2.24, 2.45) is 5.73 Å². The van der Waals surface area contributed by atoms with Crippen LogP contribution in [0.5, 0.6) is 0 Å². The first-order valence-electron chi connectivity index (χ1n) is 22.2. The van der Waals surface area contributed by atoms with Crippen LogP contribution in [0.15, 0.2) is 36.5 Å². The van der Waals surface area contributed by atoms with Gasteiger partial charge in [0.05, 0.1) is 37.9 Å². The number of hydrogen-bond donors (Lipinski definition) is 5. The van der Waals surface area contributed by atoms with E-state index in [1.165, 1.54) is 122 Å². The standard InChI is InChI=1S/C44H85N2O7P/c1-3-5-7-9-11-13-15-17-19-20-22-24-26-28-30-32-34-36-43(48)42(40-53-54(50,51)52-38-37-45)46-44(49)39-41(47)35-33-31-29-27-25-23-21-18-16-14-12-10-8-6-4-2/h18,21,26,28,34,36,41-43,47-48H,3-17,19-20,22-25,27,29-33,35,37-40,45H2,1-2H3,(H,46,49)(H,50,51)/b21-18-,28-26+,36-34+. The van der Waals surface area contributed by atoms with E-state index in [2.05, 4.69) is 43.5 Å². The maximum Gasteiger partial charge on any atom is 0.472 e. The molecule has 10 heteroatoms. The molecule has 4 unspecified atom stereocenters. The number of carbonyl (C=O) groups is 1. The smallest absolute Gasteiger partial charge is 0.393 e. The Morgan fingerprint density at radius 3 is 1.54 bits per heavy atom. The van der Waals surface area contributed by atoms with Gasteiger partial charge in [0.25, 0.3) is 0 Å². The maximum atomic E-state index is 12.8. The van der Waals surface area contributed by atoms with Crippen LogP contribution in [-0.2, 0) is 18.4 Å². The SMILES string of the molecule is CCCCCCCC/C=C\CCCCCCCC(O)CC(=O)NC(COP(=O)(O)OCCN)C(O)/C=C/CC/C=C/CCCCCCCCCCCCC. The van der Waals surface area contributed by atoms with Gasteiger partial charge in [-0.2, -0.15) is 0 Å². The van der Waals surface area contributed by atoms with E-state index in [0.717, 1.165) is 44.9 Å². The van der Waals surface area contributed by atoms with Gasteiger partial charge in [0, 0.05) is 6.54 Å². The molecule has 0 saturated heterocycles. The van der Waals surface area contributed by atoms with Crippen LogP contribution in [-0.4, -0.2) is 59.0 Å². The molecule has 0 spiro atoms. The van der Waals surface area contributed by atoms with Crippen LogP contribution >= 0.6 is 7.82 Å². The van der Waals surface area contributed by atoms with Crippen LogP contribution in [0.25, 0.3) is 0 Å². The number of rotatable bonds is 41. The number of phosphoric ester groups is 1. The Morgan fingerprint density at radius 1 is 0.630 bits per heavy atom. The highest BCUT2D eigenvalue weighted by Crippen LogP contribution is 2.43. The first kappa shape index (κ1) is 52.7. The van der Waals surface area contributed by atoms with Crippen LogP contribution in [0.3, 0.4) is 0 Å². The van der Waals surface area contributed by atoms with Gasteiger partial charge in [-0.25, -0.2) is 4.57 Å². The summed E-state index contributed by atoms with van der Waals surface area (Å²) in [7, 11) is -4.41. The molecule has 0 fully saturated rings. The minimum Gasteiger partial charge on any atom is -0.393 e. The topological polar surface area (TPSA) is 151 Å². The molecule has 0 aliphatic carbocycles. The van der Waals surface area contributed by atoms with Crippen molar-refractivity contribution < 1.29 is 33.5 Å². The van der Waals surface area contributed by atoms with E-state index in [-0.39, 0.29) is 19.6 Å². The number of nitrogens with two attached hydrogens (primary N) is 1. The van der Waals surface area contributed by atoms with Gasteiger partial charge in [-0.1, -0.05) is 172 Å². The monoisotopic (exact) mass is 785 g/mol. The van der Waals surface area contributed by atoms with Crippen molar-refractivity contribution in [3.63, 3.8) is 0 Å². The highest BCUT2D eigenvalue weighted by atomic mass is 31.2. The molecule has 0 aromatic carbocycles. The van der Waals surface area contributed by atoms with Crippen molar-refractivity contribution in [1.29, 1.82) is 0 Å². The summed E-state index contributed by atoms with van der Waals surface area (Å²) >= 11 is 0. The summed E-state index contributed by atoms with van der Waals surface area (Å²) in [6.45, 7) is 3.94. The van der Waals surface area contributed by atoms with Gasteiger partial charge in [0.1, 0.15) is 0 Å². The van der Waals surface area contributed by atoms with Gasteiger partial charge in [0.2, 0.25) is 5.91 Å². The molecule has 4 atom stereocenters. The predicted octanol–water partition coefficient (Wildman–Crippen LogP) is 11.3. The normalized spacial score (nSPS) is 15.0. The summed E-state index contributed by atoms with van der Waals surface area (Å²) in [5.74, 6) is -0.461. The Bertz CT molecular complexity index is 961. The number of nitrogens with one attached hydrogen (secondary N) is 1. The largest absolute Gasteiger partial charge is 0.472 e. The van der Waals surface area contributed by atoms with Crippen molar-refractivity contribution in [1.82, 2.24) is 5.32 Å². The zero-order valence-corrected chi connectivity index (χ0v) is 35.7. The molecule has 0 aliphatic rings. The Morgan fingerprint density at radius 2 is 1.06 bits per heavy atom. The van der Waals surface area contributed by atoms with E-state index in [1.54, 1.807) is 6.08 Å². The summed E-state index contributed by atoms with van der Waals surface area (Å²) in [4.78, 5) is 22.7. The molecular formula is C44H85N2O7P. The van der Waals surface area contributed by atoms with Gasteiger partial charge in [-0.15, -0.1) is 0 Å². The number of aliphatic hydroxyl groups is 2. The van der Waals surface area contributed by atoms with Gasteiger partial charge in [0.15, 0.2) is 0 Å². The molecule has 0 radical (unpaired) electrons. The minimum absolute atomic E-state index is 0.0434. The molecule has 318 valence electrons. The Labute approximate surface area is 332 Å². The molecule has 0 aliphatic heterocycles. The number of aliphatic hydroxyl groups excluding tert-OH is 2. The van der Waals surface area contributed by atoms with Gasteiger partial charge < -0.3 is 26.2 Å². The minimum atomic E-state index is -4.41. The van der Waals surface area contributed by atoms with Crippen molar-refractivity contribution in [3.05, 3.63) is 36.5 Å². The average molecular weight is 785 g/mol. The van der Waals surface area contributed by atoms with Crippen molar-refractivity contribution in [2.75, 3.05) is 19.8 Å². The number of carbonyl (C=O) groups excluding carboxylic acids is 1. The molecule has 0 rings (SSSR count). The van der Waals surface area contributed by atoms with Crippen LogP contribution in [0, 0.1) is 0 Å². The Kier molecular flexibility index (Phi) is 38.9. The maximum absolute atomic E-state index is 12.8. The quantitative estimate of drug-likeness (QED) is 0.0233. The summed E-state index contributed by atoms with van der Waals surface area (Å²) in [5.41, 5.74) is 5.36. The number of unbranched alkanes of at least 4 members (excludes halogenated alkanes) is 23. The first-order chi connectivity index (χ1) is 26.3. The van der Waals surface area contributed by atoms with E-state index in [0.29, 0.717) is 12.8 Å².